The predicted molar refractivity (Wildman–Crippen MR) is 108 cm³/mol. The first-order chi connectivity index (χ1) is 13.7. The first kappa shape index (κ1) is 21.8. The van der Waals surface area contributed by atoms with E-state index in [-0.39, 0.29) is 24.1 Å². The highest BCUT2D eigenvalue weighted by Crippen LogP contribution is 2.14. The third kappa shape index (κ3) is 5.75. The van der Waals surface area contributed by atoms with Gasteiger partial charge in [0, 0.05) is 5.56 Å². The first-order valence-electron chi connectivity index (χ1n) is 9.03. The van der Waals surface area contributed by atoms with Crippen LogP contribution in [0.1, 0.15) is 43.6 Å². The topological polar surface area (TPSA) is 95.9 Å². The Kier molecular flexibility index (Phi) is 6.89. The van der Waals surface area contributed by atoms with Gasteiger partial charge in [0.15, 0.2) is 0 Å². The molecule has 0 aliphatic rings. The number of alkyl carbamates (subject to hydrolysis) is 1. The zero-order valence-electron chi connectivity index (χ0n) is 17.1. The molecular weight excluding hydrogens is 376 g/mol. The average Bonchev–Trinajstić information content (AvgIpc) is 2.64. The van der Waals surface area contributed by atoms with E-state index in [9.17, 15) is 14.4 Å². The number of fused-ring (bicyclic) bond motifs is 1. The number of ether oxygens (including phenoxy) is 2. The van der Waals surface area contributed by atoms with Crippen molar-refractivity contribution in [1.29, 1.82) is 0 Å². The fourth-order valence-electron chi connectivity index (χ4n) is 2.46. The smallest absolute Gasteiger partial charge is 0.408 e. The highest BCUT2D eigenvalue weighted by Gasteiger charge is 2.17. The zero-order chi connectivity index (χ0) is 21.6. The summed E-state index contributed by atoms with van der Waals surface area (Å²) in [7, 11) is 1.43. The first-order valence-corrected chi connectivity index (χ1v) is 9.03. The molecule has 1 N–H and O–H groups in total. The number of benzene rings is 1. The summed E-state index contributed by atoms with van der Waals surface area (Å²) in [4.78, 5) is 41.6. The molecule has 0 fully saturated rings. The van der Waals surface area contributed by atoms with Gasteiger partial charge < -0.3 is 19.6 Å². The maximum Gasteiger partial charge on any atom is 0.408 e. The maximum absolute atomic E-state index is 12.7. The van der Waals surface area contributed by atoms with Crippen LogP contribution in [-0.2, 0) is 9.47 Å². The molecule has 154 valence electrons. The van der Waals surface area contributed by atoms with E-state index in [2.05, 4.69) is 17.2 Å². The number of esters is 1. The summed E-state index contributed by atoms with van der Waals surface area (Å²) in [6.07, 6.45) is 0.742. The van der Waals surface area contributed by atoms with Crippen LogP contribution in [0.2, 0.25) is 0 Å². The van der Waals surface area contributed by atoms with Crippen LogP contribution in [0.3, 0.4) is 0 Å². The maximum atomic E-state index is 12.7. The molecule has 1 heterocycles. The number of carbonyl (C=O) groups is 2. The number of carbonyl (C=O) groups excluding carboxylic acids is 2. The van der Waals surface area contributed by atoms with Crippen LogP contribution in [0.25, 0.3) is 10.9 Å². The fraction of sp³-hybridized carbons (Fsp3) is 0.381. The lowest BCUT2D eigenvalue weighted by atomic mass is 10.1. The Bertz CT molecular complexity index is 1040. The van der Waals surface area contributed by atoms with Gasteiger partial charge in [0.2, 0.25) is 5.43 Å². The summed E-state index contributed by atoms with van der Waals surface area (Å²) in [6, 6.07) is 4.94. The van der Waals surface area contributed by atoms with Gasteiger partial charge in [-0.15, -0.1) is 0 Å². The summed E-state index contributed by atoms with van der Waals surface area (Å²) in [5, 5.41) is 2.80. The van der Waals surface area contributed by atoms with Gasteiger partial charge in [0.05, 0.1) is 30.3 Å². The number of pyridine rings is 1. The lowest BCUT2D eigenvalue weighted by molar-refractivity contribution is 0.0515. The molecular formula is C21H24N2O6. The number of rotatable bonds is 4. The SMILES string of the molecule is CCOC(=O)c1cn(OC)c2ccc(C#CCNC(=O)OC(C)(C)C)cc2c1=O. The van der Waals surface area contributed by atoms with Crippen molar-refractivity contribution in [2.45, 2.75) is 33.3 Å². The Morgan fingerprint density at radius 2 is 1.97 bits per heavy atom. The number of hydrogen-bond acceptors (Lipinski definition) is 6. The van der Waals surface area contributed by atoms with Crippen LogP contribution in [0.15, 0.2) is 29.2 Å². The van der Waals surface area contributed by atoms with Crippen LogP contribution in [-0.4, -0.2) is 42.7 Å². The van der Waals surface area contributed by atoms with E-state index in [1.165, 1.54) is 18.0 Å². The lowest BCUT2D eigenvalue weighted by Crippen LogP contribution is -2.32. The van der Waals surface area contributed by atoms with Crippen LogP contribution >= 0.6 is 0 Å². The molecule has 0 unspecified atom stereocenters. The number of hydrogen-bond donors (Lipinski definition) is 1. The largest absolute Gasteiger partial charge is 0.462 e. The molecule has 0 saturated heterocycles. The van der Waals surface area contributed by atoms with Crippen molar-refractivity contribution in [1.82, 2.24) is 10.0 Å². The van der Waals surface area contributed by atoms with E-state index in [1.807, 2.05) is 0 Å². The standard InChI is InChI=1S/C21H24N2O6/c1-6-28-19(25)16-13-23(27-5)17-10-9-14(12-15(17)18(16)24)8-7-11-22-20(26)29-21(2,3)4/h9-10,12-13H,6,11H2,1-5H3,(H,22,26). The van der Waals surface area contributed by atoms with Crippen molar-refractivity contribution in [2.24, 2.45) is 0 Å². The Balaban J connectivity index is 2.29. The normalized spacial score (nSPS) is 10.7. The Morgan fingerprint density at radius 1 is 1.24 bits per heavy atom. The molecule has 8 nitrogen and oxygen atoms in total. The van der Waals surface area contributed by atoms with E-state index in [4.69, 9.17) is 14.3 Å². The highest BCUT2D eigenvalue weighted by molar-refractivity contribution is 5.94. The predicted octanol–water partition coefficient (Wildman–Crippen LogP) is 2.11. The number of nitrogens with zero attached hydrogens (tertiary/aromatic N) is 1. The second kappa shape index (κ2) is 9.15. The van der Waals surface area contributed by atoms with E-state index < -0.39 is 23.1 Å². The van der Waals surface area contributed by atoms with Gasteiger partial charge in [0.1, 0.15) is 18.3 Å². The van der Waals surface area contributed by atoms with Crippen LogP contribution in [0.4, 0.5) is 4.79 Å². The second-order valence-corrected chi connectivity index (χ2v) is 6.99. The minimum Gasteiger partial charge on any atom is -0.462 e. The fourth-order valence-corrected chi connectivity index (χ4v) is 2.46. The molecule has 1 aromatic carbocycles. The van der Waals surface area contributed by atoms with Gasteiger partial charge in [-0.1, -0.05) is 11.8 Å². The van der Waals surface area contributed by atoms with Gasteiger partial charge in [-0.3, -0.25) is 4.79 Å². The molecule has 0 aliphatic heterocycles. The Labute approximate surface area is 168 Å². The zero-order valence-corrected chi connectivity index (χ0v) is 17.1. The lowest BCUT2D eigenvalue weighted by Gasteiger charge is -2.19. The monoisotopic (exact) mass is 400 g/mol. The molecule has 0 spiro atoms. The molecule has 0 bridgehead atoms. The van der Waals surface area contributed by atoms with Crippen molar-refractivity contribution in [3.63, 3.8) is 0 Å². The molecule has 2 rings (SSSR count). The molecule has 8 heteroatoms. The number of aromatic nitrogens is 1. The summed E-state index contributed by atoms with van der Waals surface area (Å²) in [6.45, 7) is 7.20. The van der Waals surface area contributed by atoms with E-state index in [0.717, 1.165) is 0 Å². The average molecular weight is 400 g/mol. The van der Waals surface area contributed by atoms with Crippen LogP contribution < -0.4 is 15.6 Å². The van der Waals surface area contributed by atoms with Gasteiger partial charge in [-0.25, -0.2) is 9.59 Å². The van der Waals surface area contributed by atoms with Crippen molar-refractivity contribution in [3.8, 4) is 11.8 Å². The summed E-state index contributed by atoms with van der Waals surface area (Å²) >= 11 is 0. The number of nitrogens with one attached hydrogen (secondary N) is 1. The third-order valence-electron chi connectivity index (χ3n) is 3.61. The van der Waals surface area contributed by atoms with Gasteiger partial charge >= 0.3 is 12.1 Å². The molecule has 0 saturated carbocycles. The molecule has 0 aliphatic carbocycles. The van der Waals surface area contributed by atoms with Crippen molar-refractivity contribution >= 4 is 23.0 Å². The minimum absolute atomic E-state index is 0.0815. The Morgan fingerprint density at radius 3 is 2.59 bits per heavy atom. The highest BCUT2D eigenvalue weighted by atomic mass is 16.6. The molecule has 0 atom stereocenters. The van der Waals surface area contributed by atoms with E-state index in [0.29, 0.717) is 11.1 Å². The summed E-state index contributed by atoms with van der Waals surface area (Å²) in [5.41, 5.74) is -0.152. The molecule has 1 amide bonds. The minimum atomic E-state index is -0.719. The van der Waals surface area contributed by atoms with Crippen LogP contribution in [0.5, 0.6) is 0 Å². The molecule has 2 aromatic rings. The summed E-state index contributed by atoms with van der Waals surface area (Å²) < 4.78 is 11.4. The quantitative estimate of drug-likeness (QED) is 0.624. The van der Waals surface area contributed by atoms with Crippen molar-refractivity contribution in [2.75, 3.05) is 20.3 Å². The molecule has 29 heavy (non-hydrogen) atoms. The van der Waals surface area contributed by atoms with Gasteiger partial charge in [-0.05, 0) is 45.9 Å². The van der Waals surface area contributed by atoms with Crippen LogP contribution in [0, 0.1) is 11.8 Å². The molecule has 1 aromatic heterocycles. The van der Waals surface area contributed by atoms with Crippen molar-refractivity contribution in [3.05, 3.63) is 45.7 Å². The summed E-state index contributed by atoms with van der Waals surface area (Å²) in [5.74, 6) is 4.94. The van der Waals surface area contributed by atoms with E-state index >= 15 is 0 Å². The van der Waals surface area contributed by atoms with Gasteiger partial charge in [0.25, 0.3) is 0 Å². The van der Waals surface area contributed by atoms with Crippen molar-refractivity contribution < 1.29 is 23.9 Å². The molecule has 0 radical (unpaired) electrons. The second-order valence-electron chi connectivity index (χ2n) is 6.99. The third-order valence-corrected chi connectivity index (χ3v) is 3.61. The van der Waals surface area contributed by atoms with Gasteiger partial charge in [-0.2, -0.15) is 4.73 Å². The number of amides is 1. The Hall–Kier alpha value is -3.47. The van der Waals surface area contributed by atoms with E-state index in [1.54, 1.807) is 45.9 Å².